The summed E-state index contributed by atoms with van der Waals surface area (Å²) < 4.78 is 68.9. The molecule has 1 heterocycles. The molecule has 0 N–H and O–H groups in total. The molecule has 3 rings (SSSR count). The number of hydrogen-bond acceptors (Lipinski definition) is 3. The Morgan fingerprint density at radius 2 is 1.22 bits per heavy atom. The Morgan fingerprint density at radius 1 is 0.852 bits per heavy atom. The molecule has 2 aromatic carbocycles. The second-order valence-electron chi connectivity index (χ2n) is 7.61. The summed E-state index contributed by atoms with van der Waals surface area (Å²) in [6, 6.07) is 18.2. The summed E-state index contributed by atoms with van der Waals surface area (Å²) >= 11 is 0. The summed E-state index contributed by atoms with van der Waals surface area (Å²) in [6.07, 6.45) is 1.14. The van der Waals surface area contributed by atoms with Crippen LogP contribution in [0.1, 0.15) is 35.3 Å². The molecular weight excluding hydrogens is 396 g/mol. The molecule has 1 fully saturated rings. The van der Waals surface area contributed by atoms with Crippen LogP contribution < -0.4 is 0 Å². The number of benzene rings is 2. The Labute approximate surface area is 157 Å². The fourth-order valence-electron chi connectivity index (χ4n) is 4.33. The standard InChI is InChI=1S/C19H22F3O3PS/c1-26(2,25-27(23,24)19(20,21)22)17(15-9-5-3-6-10-15)13-14-18(26)16-11-7-4-8-12-16/h3-12,17-18H,13-14H2,1-2H3/t17-,18-/m1/s1. The third-order valence-corrected chi connectivity index (χ3v) is 13.6. The summed E-state index contributed by atoms with van der Waals surface area (Å²) in [6.45, 7) is -0.641. The van der Waals surface area contributed by atoms with E-state index in [0.717, 1.165) is 11.1 Å². The van der Waals surface area contributed by atoms with Crippen LogP contribution in [-0.2, 0) is 14.1 Å². The van der Waals surface area contributed by atoms with Crippen molar-refractivity contribution in [2.45, 2.75) is 29.7 Å². The first-order valence-electron chi connectivity index (χ1n) is 8.58. The van der Waals surface area contributed by atoms with E-state index in [1.54, 1.807) is 37.6 Å². The van der Waals surface area contributed by atoms with Crippen molar-refractivity contribution in [1.82, 2.24) is 0 Å². The summed E-state index contributed by atoms with van der Waals surface area (Å²) in [5.41, 5.74) is -4.60. The first-order valence-corrected chi connectivity index (χ1v) is 13.2. The molecule has 0 amide bonds. The van der Waals surface area contributed by atoms with Crippen molar-refractivity contribution in [3.05, 3.63) is 71.8 Å². The first-order chi connectivity index (χ1) is 12.4. The molecule has 1 aliphatic heterocycles. The second-order valence-corrected chi connectivity index (χ2v) is 15.2. The molecule has 2 aromatic rings. The van der Waals surface area contributed by atoms with Gasteiger partial charge in [-0.2, -0.15) is 0 Å². The maximum absolute atomic E-state index is 13.2. The van der Waals surface area contributed by atoms with Gasteiger partial charge in [-0.1, -0.05) is 0 Å². The van der Waals surface area contributed by atoms with Crippen molar-refractivity contribution >= 4 is 16.9 Å². The average Bonchev–Trinajstić information content (AvgIpc) is 2.86. The summed E-state index contributed by atoms with van der Waals surface area (Å²) in [5, 5.41) is 0. The van der Waals surface area contributed by atoms with E-state index in [4.69, 9.17) is 3.97 Å². The van der Waals surface area contributed by atoms with Crippen molar-refractivity contribution < 1.29 is 25.6 Å². The zero-order chi connectivity index (χ0) is 19.9. The van der Waals surface area contributed by atoms with Crippen molar-refractivity contribution in [2.75, 3.05) is 13.3 Å². The van der Waals surface area contributed by atoms with Crippen molar-refractivity contribution in [3.8, 4) is 0 Å². The number of alkyl halides is 3. The Balaban J connectivity index is 2.17. The molecule has 0 radical (unpaired) electrons. The first kappa shape index (κ1) is 20.3. The topological polar surface area (TPSA) is 43.4 Å². The quantitative estimate of drug-likeness (QED) is 0.462. The van der Waals surface area contributed by atoms with Crippen LogP contribution in [0.2, 0.25) is 0 Å². The van der Waals surface area contributed by atoms with Crippen LogP contribution in [-0.4, -0.2) is 27.3 Å². The van der Waals surface area contributed by atoms with Gasteiger partial charge in [-0.15, -0.1) is 0 Å². The van der Waals surface area contributed by atoms with E-state index in [-0.39, 0.29) is 11.3 Å². The summed E-state index contributed by atoms with van der Waals surface area (Å²) in [7, 11) is -5.72. The number of rotatable bonds is 4. The number of halogens is 3. The minimum atomic E-state index is -5.72. The number of hydrogen-bond donors (Lipinski definition) is 0. The van der Waals surface area contributed by atoms with Crippen LogP contribution in [0.25, 0.3) is 0 Å². The van der Waals surface area contributed by atoms with E-state index in [9.17, 15) is 21.6 Å². The molecule has 3 nitrogen and oxygen atoms in total. The third-order valence-electron chi connectivity index (χ3n) is 5.56. The van der Waals surface area contributed by atoms with Crippen molar-refractivity contribution in [2.24, 2.45) is 0 Å². The molecular formula is C19H22F3O3PS. The van der Waals surface area contributed by atoms with Crippen LogP contribution in [0, 0.1) is 0 Å². The van der Waals surface area contributed by atoms with Crippen LogP contribution in [0.3, 0.4) is 0 Å². The van der Waals surface area contributed by atoms with Gasteiger partial charge >= 0.3 is 157 Å². The van der Waals surface area contributed by atoms with Gasteiger partial charge in [-0.25, -0.2) is 0 Å². The normalized spacial score (nSPS) is 26.2. The minimum absolute atomic E-state index is 0.389. The molecule has 1 aliphatic rings. The van der Waals surface area contributed by atoms with E-state index in [1.807, 2.05) is 36.4 Å². The van der Waals surface area contributed by atoms with Gasteiger partial charge in [0.25, 0.3) is 0 Å². The van der Waals surface area contributed by atoms with Gasteiger partial charge in [0.05, 0.1) is 0 Å². The Hall–Kier alpha value is -1.43. The average molecular weight is 418 g/mol. The van der Waals surface area contributed by atoms with Gasteiger partial charge in [-0.3, -0.25) is 0 Å². The molecule has 148 valence electrons. The van der Waals surface area contributed by atoms with E-state index in [2.05, 4.69) is 0 Å². The van der Waals surface area contributed by atoms with E-state index < -0.39 is 22.5 Å². The van der Waals surface area contributed by atoms with Gasteiger partial charge in [0.2, 0.25) is 0 Å². The summed E-state index contributed by atoms with van der Waals surface area (Å²) in [4.78, 5) is 0. The molecule has 2 atom stereocenters. The van der Waals surface area contributed by atoms with Crippen molar-refractivity contribution in [1.29, 1.82) is 0 Å². The van der Waals surface area contributed by atoms with Gasteiger partial charge in [0.1, 0.15) is 0 Å². The fraction of sp³-hybridized carbons (Fsp3) is 0.368. The van der Waals surface area contributed by atoms with Crippen LogP contribution in [0.4, 0.5) is 13.2 Å². The van der Waals surface area contributed by atoms with Gasteiger partial charge in [0.15, 0.2) is 0 Å². The van der Waals surface area contributed by atoms with Crippen molar-refractivity contribution in [3.63, 3.8) is 0 Å². The molecule has 0 aromatic heterocycles. The van der Waals surface area contributed by atoms with Crippen LogP contribution >= 0.6 is 6.83 Å². The fourth-order valence-corrected chi connectivity index (χ4v) is 12.4. The molecule has 8 heteroatoms. The van der Waals surface area contributed by atoms with E-state index in [0.29, 0.717) is 12.8 Å². The molecule has 0 bridgehead atoms. The van der Waals surface area contributed by atoms with Gasteiger partial charge in [-0.05, 0) is 0 Å². The van der Waals surface area contributed by atoms with Crippen LogP contribution in [0.15, 0.2) is 60.7 Å². The monoisotopic (exact) mass is 418 g/mol. The van der Waals surface area contributed by atoms with E-state index in [1.165, 1.54) is 0 Å². The predicted octanol–water partition coefficient (Wildman–Crippen LogP) is 5.86. The molecule has 0 spiro atoms. The predicted molar refractivity (Wildman–Crippen MR) is 102 cm³/mol. The molecule has 1 saturated heterocycles. The Bertz CT molecular complexity index is 861. The molecule has 0 saturated carbocycles. The summed E-state index contributed by atoms with van der Waals surface area (Å²) in [5.74, 6) is 0. The van der Waals surface area contributed by atoms with Crippen LogP contribution in [0.5, 0.6) is 0 Å². The maximum atomic E-state index is 13.2. The molecule has 0 unspecified atom stereocenters. The molecule has 0 aliphatic carbocycles. The Kier molecular flexibility index (Phi) is 4.94. The molecule has 27 heavy (non-hydrogen) atoms. The zero-order valence-corrected chi connectivity index (χ0v) is 16.8. The Morgan fingerprint density at radius 3 is 1.56 bits per heavy atom. The SMILES string of the molecule is CP1(C)(OS(=O)(=O)C(F)(F)F)[C@@H](c2ccccc2)CC[C@@H]1c1ccccc1. The third kappa shape index (κ3) is 3.53. The van der Waals surface area contributed by atoms with E-state index >= 15 is 0 Å². The van der Waals surface area contributed by atoms with Gasteiger partial charge in [0, 0.05) is 0 Å². The zero-order valence-electron chi connectivity index (χ0n) is 15.1. The second kappa shape index (κ2) is 6.57. The van der Waals surface area contributed by atoms with Gasteiger partial charge < -0.3 is 0 Å².